The van der Waals surface area contributed by atoms with Crippen LogP contribution >= 0.6 is 0 Å². The summed E-state index contributed by atoms with van der Waals surface area (Å²) in [6, 6.07) is 18.1. The number of carboxylic acids is 1. The number of benzene rings is 3. The van der Waals surface area contributed by atoms with Crippen LogP contribution in [0.5, 0.6) is 5.75 Å². The number of nitrogens with zero attached hydrogens (tertiary/aromatic N) is 1. The Morgan fingerprint density at radius 1 is 1.10 bits per heavy atom. The van der Waals surface area contributed by atoms with Crippen molar-refractivity contribution < 1.29 is 19.4 Å². The summed E-state index contributed by atoms with van der Waals surface area (Å²) in [4.78, 5) is 13.1. The van der Waals surface area contributed by atoms with Gasteiger partial charge in [-0.1, -0.05) is 30.3 Å². The Morgan fingerprint density at radius 2 is 1.84 bits per heavy atom. The van der Waals surface area contributed by atoms with E-state index in [0.717, 1.165) is 46.0 Å². The van der Waals surface area contributed by atoms with Gasteiger partial charge in [0.2, 0.25) is 0 Å². The van der Waals surface area contributed by atoms with Crippen molar-refractivity contribution in [3.05, 3.63) is 100 Å². The van der Waals surface area contributed by atoms with E-state index < -0.39 is 11.5 Å². The molecule has 0 bridgehead atoms. The van der Waals surface area contributed by atoms with Crippen LogP contribution in [0.2, 0.25) is 0 Å². The Hall–Kier alpha value is -3.60. The van der Waals surface area contributed by atoms with Gasteiger partial charge in [-0.15, -0.1) is 0 Å². The maximum atomic E-state index is 13.8. The molecule has 0 amide bonds. The van der Waals surface area contributed by atoms with E-state index in [-0.39, 0.29) is 11.6 Å². The van der Waals surface area contributed by atoms with Gasteiger partial charge >= 0.3 is 5.97 Å². The first-order chi connectivity index (χ1) is 14.8. The monoisotopic (exact) mass is 417 g/mol. The second-order valence-electron chi connectivity index (χ2n) is 8.04. The Labute approximate surface area is 180 Å². The maximum Gasteiger partial charge on any atom is 0.328 e. The lowest BCUT2D eigenvalue weighted by molar-refractivity contribution is -0.131. The molecule has 4 nitrogen and oxygen atoms in total. The highest BCUT2D eigenvalue weighted by molar-refractivity contribution is 5.85. The largest absolute Gasteiger partial charge is 0.508 e. The fourth-order valence-corrected chi connectivity index (χ4v) is 4.54. The molecule has 0 aliphatic carbocycles. The van der Waals surface area contributed by atoms with Crippen LogP contribution in [0, 0.1) is 12.7 Å². The van der Waals surface area contributed by atoms with Crippen LogP contribution in [0.25, 0.3) is 6.08 Å². The van der Waals surface area contributed by atoms with E-state index in [2.05, 4.69) is 11.8 Å². The van der Waals surface area contributed by atoms with Crippen molar-refractivity contribution in [1.29, 1.82) is 0 Å². The molecule has 4 rings (SSSR count). The molecule has 0 saturated carbocycles. The number of carboxylic acid groups (broad SMARTS) is 1. The van der Waals surface area contributed by atoms with E-state index >= 15 is 0 Å². The van der Waals surface area contributed by atoms with Gasteiger partial charge in [0.05, 0.1) is 5.54 Å². The van der Waals surface area contributed by atoms with Crippen LogP contribution in [-0.4, -0.2) is 22.7 Å². The van der Waals surface area contributed by atoms with E-state index in [4.69, 9.17) is 5.11 Å². The zero-order valence-electron chi connectivity index (χ0n) is 17.5. The molecular weight excluding hydrogens is 393 g/mol. The molecule has 0 spiro atoms. The number of aromatic hydroxyl groups is 1. The SMILES string of the molecule is Cc1cc(F)ccc1N1CCc2cc(O)ccc2C1(C)c1ccc(C=CC(=O)O)cc1. The minimum Gasteiger partial charge on any atom is -0.508 e. The second kappa shape index (κ2) is 7.91. The highest BCUT2D eigenvalue weighted by Gasteiger charge is 2.41. The Kier molecular flexibility index (Phi) is 5.27. The molecule has 0 fully saturated rings. The van der Waals surface area contributed by atoms with E-state index in [0.29, 0.717) is 6.54 Å². The van der Waals surface area contributed by atoms with Crippen LogP contribution in [-0.2, 0) is 16.8 Å². The highest BCUT2D eigenvalue weighted by atomic mass is 19.1. The number of aryl methyl sites for hydroxylation is 1. The molecule has 0 saturated heterocycles. The second-order valence-corrected chi connectivity index (χ2v) is 8.04. The summed E-state index contributed by atoms with van der Waals surface area (Å²) in [5.41, 5.74) is 5.23. The zero-order chi connectivity index (χ0) is 22.2. The number of hydrogen-bond donors (Lipinski definition) is 2. The van der Waals surface area contributed by atoms with Crippen molar-refractivity contribution in [3.8, 4) is 5.75 Å². The van der Waals surface area contributed by atoms with E-state index in [1.165, 1.54) is 6.07 Å². The van der Waals surface area contributed by atoms with Gasteiger partial charge in [-0.25, -0.2) is 9.18 Å². The highest BCUT2D eigenvalue weighted by Crippen LogP contribution is 2.45. The molecule has 1 aliphatic rings. The number of fused-ring (bicyclic) bond motifs is 1. The van der Waals surface area contributed by atoms with E-state index in [9.17, 15) is 14.3 Å². The molecule has 2 N–H and O–H groups in total. The number of hydrogen-bond acceptors (Lipinski definition) is 3. The number of aliphatic carboxylic acids is 1. The Morgan fingerprint density at radius 3 is 2.52 bits per heavy atom. The third-order valence-corrected chi connectivity index (χ3v) is 6.10. The first-order valence-corrected chi connectivity index (χ1v) is 10.2. The minimum absolute atomic E-state index is 0.238. The normalized spacial score (nSPS) is 18.2. The van der Waals surface area contributed by atoms with Crippen LogP contribution in [0.3, 0.4) is 0 Å². The van der Waals surface area contributed by atoms with Gasteiger partial charge in [0.1, 0.15) is 11.6 Å². The molecule has 3 aromatic rings. The van der Waals surface area contributed by atoms with Gasteiger partial charge in [-0.3, -0.25) is 0 Å². The molecule has 1 unspecified atom stereocenters. The van der Waals surface area contributed by atoms with Crippen LogP contribution in [0.15, 0.2) is 66.7 Å². The lowest BCUT2D eigenvalue weighted by Gasteiger charge is -2.48. The average molecular weight is 417 g/mol. The molecule has 1 aliphatic heterocycles. The number of rotatable bonds is 4. The fraction of sp³-hybridized carbons (Fsp3) is 0.192. The smallest absolute Gasteiger partial charge is 0.328 e. The number of anilines is 1. The topological polar surface area (TPSA) is 60.8 Å². The van der Waals surface area contributed by atoms with Gasteiger partial charge in [0.15, 0.2) is 0 Å². The first-order valence-electron chi connectivity index (χ1n) is 10.2. The van der Waals surface area contributed by atoms with Gasteiger partial charge in [-0.05, 0) is 84.5 Å². The van der Waals surface area contributed by atoms with Gasteiger partial charge in [0.25, 0.3) is 0 Å². The van der Waals surface area contributed by atoms with Crippen molar-refractivity contribution in [1.82, 2.24) is 0 Å². The summed E-state index contributed by atoms with van der Waals surface area (Å²) < 4.78 is 13.8. The van der Waals surface area contributed by atoms with Gasteiger partial charge in [0, 0.05) is 18.3 Å². The first kappa shape index (κ1) is 20.7. The van der Waals surface area contributed by atoms with Gasteiger partial charge < -0.3 is 15.1 Å². The average Bonchev–Trinajstić information content (AvgIpc) is 2.73. The van der Waals surface area contributed by atoms with E-state index in [1.807, 2.05) is 49.4 Å². The Bertz CT molecular complexity index is 1170. The molecule has 3 aromatic carbocycles. The third kappa shape index (κ3) is 3.79. The maximum absolute atomic E-state index is 13.8. The van der Waals surface area contributed by atoms with Crippen LogP contribution in [0.1, 0.15) is 34.7 Å². The molecule has 1 heterocycles. The lowest BCUT2D eigenvalue weighted by atomic mass is 9.76. The molecular formula is C26H24FNO3. The zero-order valence-corrected chi connectivity index (χ0v) is 17.5. The summed E-state index contributed by atoms with van der Waals surface area (Å²) >= 11 is 0. The summed E-state index contributed by atoms with van der Waals surface area (Å²) in [5.74, 6) is -1.02. The molecule has 31 heavy (non-hydrogen) atoms. The Balaban J connectivity index is 1.87. The predicted octanol–water partition coefficient (Wildman–Crippen LogP) is 5.26. The predicted molar refractivity (Wildman–Crippen MR) is 120 cm³/mol. The standard InChI is InChI=1S/C26H24FNO3/c1-17-15-21(27)8-11-24(17)28-14-13-19-16-22(29)9-10-23(19)26(28,2)20-6-3-18(4-7-20)5-12-25(30)31/h3-12,15-16,29H,13-14H2,1-2H3,(H,30,31). The number of phenolic OH excluding ortho intramolecular Hbond substituents is 1. The third-order valence-electron chi connectivity index (χ3n) is 6.10. The quantitative estimate of drug-likeness (QED) is 0.568. The van der Waals surface area contributed by atoms with Crippen molar-refractivity contribution in [2.24, 2.45) is 0 Å². The summed E-state index contributed by atoms with van der Waals surface area (Å²) in [7, 11) is 0. The molecule has 158 valence electrons. The fourth-order valence-electron chi connectivity index (χ4n) is 4.54. The summed E-state index contributed by atoms with van der Waals surface area (Å²) in [6.45, 7) is 4.75. The lowest BCUT2D eigenvalue weighted by Crippen LogP contribution is -2.50. The molecule has 5 heteroatoms. The van der Waals surface area contributed by atoms with Crippen molar-refractivity contribution in [2.45, 2.75) is 25.8 Å². The summed E-state index contributed by atoms with van der Waals surface area (Å²) in [5, 5.41) is 18.9. The van der Waals surface area contributed by atoms with Crippen molar-refractivity contribution in [3.63, 3.8) is 0 Å². The van der Waals surface area contributed by atoms with Crippen LogP contribution < -0.4 is 4.90 Å². The minimum atomic E-state index is -0.991. The molecule has 0 aromatic heterocycles. The van der Waals surface area contributed by atoms with E-state index in [1.54, 1.807) is 18.2 Å². The van der Waals surface area contributed by atoms with Gasteiger partial charge in [-0.2, -0.15) is 0 Å². The van der Waals surface area contributed by atoms with Crippen molar-refractivity contribution >= 4 is 17.7 Å². The van der Waals surface area contributed by atoms with Crippen LogP contribution in [0.4, 0.5) is 10.1 Å². The number of halogens is 1. The number of carbonyl (C=O) groups is 1. The number of phenols is 1. The molecule has 1 atom stereocenters. The van der Waals surface area contributed by atoms with Crippen molar-refractivity contribution in [2.75, 3.05) is 11.4 Å². The molecule has 0 radical (unpaired) electrons. The summed E-state index contributed by atoms with van der Waals surface area (Å²) in [6.07, 6.45) is 3.43.